The minimum absolute atomic E-state index is 0.161. The molecule has 2 rings (SSSR count). The molecule has 1 amide bonds. The lowest BCUT2D eigenvalue weighted by atomic mass is 9.82. The van der Waals surface area contributed by atoms with Crippen molar-refractivity contribution >= 4 is 23.4 Å². The predicted molar refractivity (Wildman–Crippen MR) is 83.0 cm³/mol. The van der Waals surface area contributed by atoms with Crippen molar-refractivity contribution in [3.63, 3.8) is 0 Å². The van der Waals surface area contributed by atoms with Crippen molar-refractivity contribution in [2.45, 2.75) is 46.1 Å². The first-order valence-corrected chi connectivity index (χ1v) is 8.12. The fourth-order valence-corrected chi connectivity index (χ4v) is 3.20. The highest BCUT2D eigenvalue weighted by Gasteiger charge is 2.47. The van der Waals surface area contributed by atoms with Gasteiger partial charge in [-0.05, 0) is 34.1 Å². The molecule has 1 aromatic heterocycles. The van der Waals surface area contributed by atoms with Crippen LogP contribution in [-0.4, -0.2) is 45.7 Å². The third-order valence-electron chi connectivity index (χ3n) is 3.65. The second-order valence-electron chi connectivity index (χ2n) is 6.77. The summed E-state index contributed by atoms with van der Waals surface area (Å²) in [6, 6.07) is 0. The van der Waals surface area contributed by atoms with Gasteiger partial charge in [-0.25, -0.2) is 9.78 Å². The third kappa shape index (κ3) is 3.76. The third-order valence-corrected chi connectivity index (χ3v) is 4.47. The molecule has 1 saturated heterocycles. The van der Waals surface area contributed by atoms with Crippen LogP contribution in [0.4, 0.5) is 4.79 Å². The molecule has 0 saturated carbocycles. The molecule has 0 radical (unpaired) electrons. The fourth-order valence-electron chi connectivity index (χ4n) is 2.59. The molecule has 1 N–H and O–H groups in total. The number of carboxylic acids is 1. The summed E-state index contributed by atoms with van der Waals surface area (Å²) in [5.74, 6) is -0.885. The lowest BCUT2D eigenvalue weighted by Gasteiger charge is -2.26. The number of aryl methyl sites for hydroxylation is 1. The Balaban J connectivity index is 2.11. The van der Waals surface area contributed by atoms with Crippen molar-refractivity contribution in [1.29, 1.82) is 0 Å². The van der Waals surface area contributed by atoms with Gasteiger partial charge in [0, 0.05) is 24.9 Å². The number of hydrogen-bond acceptors (Lipinski definition) is 5. The van der Waals surface area contributed by atoms with Crippen molar-refractivity contribution in [2.24, 2.45) is 5.41 Å². The van der Waals surface area contributed by atoms with E-state index in [1.807, 2.05) is 12.3 Å². The summed E-state index contributed by atoms with van der Waals surface area (Å²) in [4.78, 5) is 29.7. The number of rotatable bonds is 3. The summed E-state index contributed by atoms with van der Waals surface area (Å²) in [5, 5.41) is 12.5. The van der Waals surface area contributed by atoms with Gasteiger partial charge in [-0.15, -0.1) is 11.3 Å². The molecular formula is C15H22N2O4S. The second-order valence-corrected chi connectivity index (χ2v) is 7.83. The molecule has 1 aliphatic heterocycles. The zero-order chi connectivity index (χ0) is 16.5. The highest BCUT2D eigenvalue weighted by molar-refractivity contribution is 7.09. The van der Waals surface area contributed by atoms with Crippen LogP contribution in [0.15, 0.2) is 5.38 Å². The van der Waals surface area contributed by atoms with Gasteiger partial charge in [0.25, 0.3) is 0 Å². The quantitative estimate of drug-likeness (QED) is 0.924. The van der Waals surface area contributed by atoms with Crippen LogP contribution < -0.4 is 0 Å². The summed E-state index contributed by atoms with van der Waals surface area (Å²) >= 11 is 1.50. The first-order valence-electron chi connectivity index (χ1n) is 7.24. The lowest BCUT2D eigenvalue weighted by Crippen LogP contribution is -2.40. The number of carbonyl (C=O) groups is 2. The smallest absolute Gasteiger partial charge is 0.410 e. The van der Waals surface area contributed by atoms with Gasteiger partial charge in [0.1, 0.15) is 5.60 Å². The van der Waals surface area contributed by atoms with Crippen molar-refractivity contribution in [3.05, 3.63) is 16.1 Å². The second kappa shape index (κ2) is 5.87. The average Bonchev–Trinajstić information content (AvgIpc) is 2.95. The van der Waals surface area contributed by atoms with Crippen molar-refractivity contribution in [2.75, 3.05) is 13.1 Å². The van der Waals surface area contributed by atoms with E-state index < -0.39 is 23.1 Å². The standard InChI is InChI=1S/C15H22N2O4S/c1-10-16-11(8-22-10)7-15(12(18)19)5-6-17(9-15)13(20)21-14(2,3)4/h8H,5-7,9H2,1-4H3,(H,18,19). The number of hydrogen-bond donors (Lipinski definition) is 1. The number of carbonyl (C=O) groups excluding carboxylic acids is 1. The number of ether oxygens (including phenoxy) is 1. The van der Waals surface area contributed by atoms with Crippen LogP contribution in [-0.2, 0) is 16.0 Å². The number of aliphatic carboxylic acids is 1. The topological polar surface area (TPSA) is 79.7 Å². The Bertz CT molecular complexity index is 578. The van der Waals surface area contributed by atoms with E-state index in [9.17, 15) is 14.7 Å². The molecule has 1 fully saturated rings. The molecule has 0 aromatic carbocycles. The average molecular weight is 326 g/mol. The maximum absolute atomic E-state index is 12.1. The summed E-state index contributed by atoms with van der Waals surface area (Å²) in [7, 11) is 0. The van der Waals surface area contributed by atoms with E-state index in [2.05, 4.69) is 4.98 Å². The van der Waals surface area contributed by atoms with Crippen LogP contribution in [0.2, 0.25) is 0 Å². The van der Waals surface area contributed by atoms with Crippen LogP contribution in [0, 0.1) is 12.3 Å². The minimum atomic E-state index is -0.975. The number of nitrogens with zero attached hydrogens (tertiary/aromatic N) is 2. The molecule has 2 heterocycles. The molecule has 1 aromatic rings. The van der Waals surface area contributed by atoms with Gasteiger partial charge < -0.3 is 14.7 Å². The van der Waals surface area contributed by atoms with E-state index in [1.165, 1.54) is 16.2 Å². The van der Waals surface area contributed by atoms with E-state index >= 15 is 0 Å². The molecule has 1 aliphatic rings. The number of thiazole rings is 1. The summed E-state index contributed by atoms with van der Waals surface area (Å²) in [6.07, 6.45) is 0.300. The molecule has 22 heavy (non-hydrogen) atoms. The van der Waals surface area contributed by atoms with Gasteiger partial charge >= 0.3 is 12.1 Å². The highest BCUT2D eigenvalue weighted by Crippen LogP contribution is 2.35. The number of amides is 1. The van der Waals surface area contributed by atoms with E-state index in [0.717, 1.165) is 10.7 Å². The van der Waals surface area contributed by atoms with Gasteiger partial charge in [-0.2, -0.15) is 0 Å². The largest absolute Gasteiger partial charge is 0.481 e. The first-order chi connectivity index (χ1) is 10.1. The van der Waals surface area contributed by atoms with Crippen molar-refractivity contribution < 1.29 is 19.4 Å². The van der Waals surface area contributed by atoms with Crippen LogP contribution in [0.25, 0.3) is 0 Å². The fraction of sp³-hybridized carbons (Fsp3) is 0.667. The van der Waals surface area contributed by atoms with Crippen LogP contribution in [0.5, 0.6) is 0 Å². The molecular weight excluding hydrogens is 304 g/mol. The number of aromatic nitrogens is 1. The van der Waals surface area contributed by atoms with Gasteiger partial charge in [-0.3, -0.25) is 4.79 Å². The molecule has 1 atom stereocenters. The Morgan fingerprint density at radius 3 is 2.68 bits per heavy atom. The lowest BCUT2D eigenvalue weighted by molar-refractivity contribution is -0.148. The zero-order valence-corrected chi connectivity index (χ0v) is 14.2. The number of carboxylic acid groups (broad SMARTS) is 1. The maximum atomic E-state index is 12.1. The van der Waals surface area contributed by atoms with E-state index in [1.54, 1.807) is 20.8 Å². The van der Waals surface area contributed by atoms with Crippen LogP contribution >= 0.6 is 11.3 Å². The first kappa shape index (κ1) is 16.7. The van der Waals surface area contributed by atoms with Crippen molar-refractivity contribution in [3.8, 4) is 0 Å². The molecule has 7 heteroatoms. The molecule has 6 nitrogen and oxygen atoms in total. The minimum Gasteiger partial charge on any atom is -0.481 e. The van der Waals surface area contributed by atoms with Crippen LogP contribution in [0.3, 0.4) is 0 Å². The summed E-state index contributed by atoms with van der Waals surface area (Å²) in [6.45, 7) is 7.83. The van der Waals surface area contributed by atoms with Gasteiger partial charge in [-0.1, -0.05) is 0 Å². The predicted octanol–water partition coefficient (Wildman–Crippen LogP) is 2.71. The Labute approximate surface area is 134 Å². The molecule has 0 bridgehead atoms. The van der Waals surface area contributed by atoms with Crippen LogP contribution in [0.1, 0.15) is 37.9 Å². The maximum Gasteiger partial charge on any atom is 0.410 e. The van der Waals surface area contributed by atoms with Gasteiger partial charge in [0.05, 0.1) is 16.1 Å². The molecule has 0 spiro atoms. The van der Waals surface area contributed by atoms with E-state index in [-0.39, 0.29) is 6.54 Å². The van der Waals surface area contributed by atoms with E-state index in [4.69, 9.17) is 4.74 Å². The molecule has 0 aliphatic carbocycles. The Morgan fingerprint density at radius 2 is 2.18 bits per heavy atom. The zero-order valence-electron chi connectivity index (χ0n) is 13.4. The summed E-state index contributed by atoms with van der Waals surface area (Å²) < 4.78 is 5.33. The summed E-state index contributed by atoms with van der Waals surface area (Å²) in [5.41, 5.74) is -0.786. The highest BCUT2D eigenvalue weighted by atomic mass is 32.1. The van der Waals surface area contributed by atoms with Gasteiger partial charge in [0.15, 0.2) is 0 Å². The van der Waals surface area contributed by atoms with E-state index in [0.29, 0.717) is 19.4 Å². The Hall–Kier alpha value is -1.63. The monoisotopic (exact) mass is 326 g/mol. The molecule has 1 unspecified atom stereocenters. The molecule has 122 valence electrons. The number of likely N-dealkylation sites (tertiary alicyclic amines) is 1. The van der Waals surface area contributed by atoms with Crippen molar-refractivity contribution in [1.82, 2.24) is 9.88 Å². The Morgan fingerprint density at radius 1 is 1.50 bits per heavy atom. The Kier molecular flexibility index (Phi) is 4.47. The SMILES string of the molecule is Cc1nc(CC2(C(=O)O)CCN(C(=O)OC(C)(C)C)C2)cs1. The normalized spacial score (nSPS) is 21.9. The van der Waals surface area contributed by atoms with Gasteiger partial charge in [0.2, 0.25) is 0 Å².